The number of nitrogens with zero attached hydrogens (tertiary/aromatic N) is 1. The maximum absolute atomic E-state index is 13.8. The summed E-state index contributed by atoms with van der Waals surface area (Å²) in [6, 6.07) is 8.26. The Balaban J connectivity index is 2.13. The van der Waals surface area contributed by atoms with Crippen molar-refractivity contribution in [1.82, 2.24) is 4.98 Å². The molecule has 4 nitrogen and oxygen atoms in total. The molecular formula is C14H13F2NO3S. The molecular weight excluding hydrogens is 300 g/mol. The summed E-state index contributed by atoms with van der Waals surface area (Å²) in [4.78, 5) is 3.42. The molecule has 2 aromatic rings. The Hall–Kier alpha value is -1.86. The van der Waals surface area contributed by atoms with E-state index in [1.165, 1.54) is 24.4 Å². The number of hydrogen-bond donors (Lipinski definition) is 0. The van der Waals surface area contributed by atoms with Crippen LogP contribution in [0.25, 0.3) is 0 Å². The minimum Gasteiger partial charge on any atom is -0.264 e. The number of rotatable bonds is 5. The number of pyridine rings is 1. The largest absolute Gasteiger partial charge is 0.299 e. The van der Waals surface area contributed by atoms with Crippen molar-refractivity contribution in [2.24, 2.45) is 0 Å². The Morgan fingerprint density at radius 3 is 2.43 bits per heavy atom. The monoisotopic (exact) mass is 313 g/mol. The molecule has 0 amide bonds. The van der Waals surface area contributed by atoms with E-state index in [1.807, 2.05) is 0 Å². The van der Waals surface area contributed by atoms with Gasteiger partial charge in [0.1, 0.15) is 6.61 Å². The average molecular weight is 313 g/mol. The van der Waals surface area contributed by atoms with Crippen LogP contribution < -0.4 is 0 Å². The highest BCUT2D eigenvalue weighted by Crippen LogP contribution is 2.28. The number of aryl methyl sites for hydroxylation is 1. The lowest BCUT2D eigenvalue weighted by Crippen LogP contribution is -2.23. The van der Waals surface area contributed by atoms with E-state index in [0.29, 0.717) is 0 Å². The maximum atomic E-state index is 13.8. The van der Waals surface area contributed by atoms with Crippen molar-refractivity contribution in [1.29, 1.82) is 0 Å². The lowest BCUT2D eigenvalue weighted by molar-refractivity contribution is -0.0452. The Morgan fingerprint density at radius 1 is 1.19 bits per heavy atom. The summed E-state index contributed by atoms with van der Waals surface area (Å²) in [7, 11) is -4.22. The van der Waals surface area contributed by atoms with E-state index in [-0.39, 0.29) is 4.90 Å². The zero-order valence-electron chi connectivity index (χ0n) is 11.2. The van der Waals surface area contributed by atoms with Gasteiger partial charge >= 0.3 is 0 Å². The fourth-order valence-electron chi connectivity index (χ4n) is 1.59. The number of halogens is 2. The summed E-state index contributed by atoms with van der Waals surface area (Å²) in [5.74, 6) is -3.44. The van der Waals surface area contributed by atoms with Crippen molar-refractivity contribution in [3.8, 4) is 0 Å². The van der Waals surface area contributed by atoms with Crippen LogP contribution in [0.15, 0.2) is 53.7 Å². The zero-order chi connectivity index (χ0) is 15.5. The highest BCUT2D eigenvalue weighted by atomic mass is 32.2. The molecule has 0 N–H and O–H groups in total. The van der Waals surface area contributed by atoms with E-state index in [2.05, 4.69) is 9.17 Å². The first-order valence-electron chi connectivity index (χ1n) is 6.06. The van der Waals surface area contributed by atoms with E-state index in [9.17, 15) is 17.2 Å². The standard InChI is InChI=1S/C14H13F2NO3S/c1-11-4-6-13(7-5-11)21(18,19)20-10-14(15,16)12-3-2-8-17-9-12/h2-9H,10H2,1H3. The van der Waals surface area contributed by atoms with Gasteiger partial charge < -0.3 is 0 Å². The van der Waals surface area contributed by atoms with Crippen LogP contribution >= 0.6 is 0 Å². The molecule has 0 saturated carbocycles. The molecule has 0 atom stereocenters. The predicted octanol–water partition coefficient (Wildman–Crippen LogP) is 2.89. The first-order chi connectivity index (χ1) is 9.81. The first kappa shape index (κ1) is 15.5. The summed E-state index contributed by atoms with van der Waals surface area (Å²) in [6.07, 6.45) is 2.32. The normalized spacial score (nSPS) is 12.3. The number of aromatic nitrogens is 1. The highest BCUT2D eigenvalue weighted by Gasteiger charge is 2.34. The number of alkyl halides is 2. The van der Waals surface area contributed by atoms with Crippen molar-refractivity contribution in [3.63, 3.8) is 0 Å². The molecule has 112 valence electrons. The molecule has 0 radical (unpaired) electrons. The number of hydrogen-bond acceptors (Lipinski definition) is 4. The third-order valence-corrected chi connectivity index (χ3v) is 4.07. The van der Waals surface area contributed by atoms with Gasteiger partial charge in [-0.3, -0.25) is 9.17 Å². The molecule has 0 aliphatic heterocycles. The summed E-state index contributed by atoms with van der Waals surface area (Å²) < 4.78 is 55.8. The van der Waals surface area contributed by atoms with E-state index in [4.69, 9.17) is 0 Å². The van der Waals surface area contributed by atoms with Gasteiger partial charge in [-0.25, -0.2) is 0 Å². The molecule has 0 saturated heterocycles. The molecule has 0 aliphatic carbocycles. The first-order valence-corrected chi connectivity index (χ1v) is 7.46. The van der Waals surface area contributed by atoms with Crippen LogP contribution in [0.5, 0.6) is 0 Å². The van der Waals surface area contributed by atoms with E-state index in [1.54, 1.807) is 19.1 Å². The van der Waals surface area contributed by atoms with Gasteiger partial charge in [-0.15, -0.1) is 0 Å². The van der Waals surface area contributed by atoms with Gasteiger partial charge in [0.25, 0.3) is 16.0 Å². The third kappa shape index (κ3) is 3.83. The summed E-state index contributed by atoms with van der Waals surface area (Å²) >= 11 is 0. The summed E-state index contributed by atoms with van der Waals surface area (Å²) in [5, 5.41) is 0. The highest BCUT2D eigenvalue weighted by molar-refractivity contribution is 7.86. The molecule has 1 heterocycles. The lowest BCUT2D eigenvalue weighted by atomic mass is 10.2. The van der Waals surface area contributed by atoms with Crippen LogP contribution in [-0.4, -0.2) is 20.0 Å². The molecule has 2 rings (SSSR count). The predicted molar refractivity (Wildman–Crippen MR) is 72.4 cm³/mol. The van der Waals surface area contributed by atoms with Crippen molar-refractivity contribution >= 4 is 10.1 Å². The molecule has 21 heavy (non-hydrogen) atoms. The fraction of sp³-hybridized carbons (Fsp3) is 0.214. The lowest BCUT2D eigenvalue weighted by Gasteiger charge is -2.16. The Kier molecular flexibility index (Phi) is 4.34. The fourth-order valence-corrected chi connectivity index (χ4v) is 2.50. The topological polar surface area (TPSA) is 56.3 Å². The van der Waals surface area contributed by atoms with E-state index >= 15 is 0 Å². The van der Waals surface area contributed by atoms with Crippen molar-refractivity contribution in [2.45, 2.75) is 17.7 Å². The molecule has 0 bridgehead atoms. The SMILES string of the molecule is Cc1ccc(S(=O)(=O)OCC(F)(F)c2cccnc2)cc1. The average Bonchev–Trinajstić information content (AvgIpc) is 2.47. The second-order valence-corrected chi connectivity index (χ2v) is 6.09. The third-order valence-electron chi connectivity index (χ3n) is 2.79. The number of benzene rings is 1. The molecule has 1 aromatic carbocycles. The van der Waals surface area contributed by atoms with Crippen molar-refractivity contribution in [3.05, 3.63) is 59.9 Å². The van der Waals surface area contributed by atoms with Crippen LogP contribution in [0.1, 0.15) is 11.1 Å². The van der Waals surface area contributed by atoms with Crippen molar-refractivity contribution in [2.75, 3.05) is 6.61 Å². The molecule has 1 aromatic heterocycles. The van der Waals surface area contributed by atoms with Gasteiger partial charge in [0.2, 0.25) is 0 Å². The maximum Gasteiger partial charge on any atom is 0.299 e. The van der Waals surface area contributed by atoms with Gasteiger partial charge in [0.05, 0.1) is 4.90 Å². The Labute approximate surface area is 121 Å². The van der Waals surface area contributed by atoms with Crippen molar-refractivity contribution < 1.29 is 21.4 Å². The second kappa shape index (κ2) is 5.87. The smallest absolute Gasteiger partial charge is 0.264 e. The molecule has 0 fully saturated rings. The Bertz CT molecular complexity index is 701. The van der Waals surface area contributed by atoms with Gasteiger partial charge in [-0.2, -0.15) is 17.2 Å². The second-order valence-electron chi connectivity index (χ2n) is 4.48. The summed E-state index contributed by atoms with van der Waals surface area (Å²) in [6.45, 7) is 0.517. The minimum absolute atomic E-state index is 0.157. The van der Waals surface area contributed by atoms with Crippen LogP contribution in [-0.2, 0) is 20.2 Å². The van der Waals surface area contributed by atoms with Gasteiger partial charge in [0, 0.05) is 18.0 Å². The van der Waals surface area contributed by atoms with E-state index in [0.717, 1.165) is 17.8 Å². The van der Waals surface area contributed by atoms with Crippen LogP contribution in [0, 0.1) is 6.92 Å². The molecule has 0 spiro atoms. The van der Waals surface area contributed by atoms with Gasteiger partial charge in [-0.05, 0) is 31.2 Å². The molecule has 0 unspecified atom stereocenters. The Morgan fingerprint density at radius 2 is 1.86 bits per heavy atom. The van der Waals surface area contributed by atoms with E-state index < -0.39 is 28.2 Å². The van der Waals surface area contributed by atoms with Crippen LogP contribution in [0.2, 0.25) is 0 Å². The zero-order valence-corrected chi connectivity index (χ0v) is 12.0. The van der Waals surface area contributed by atoms with Crippen LogP contribution in [0.3, 0.4) is 0 Å². The van der Waals surface area contributed by atoms with Gasteiger partial charge in [0.15, 0.2) is 0 Å². The molecule has 7 heteroatoms. The summed E-state index contributed by atoms with van der Waals surface area (Å²) in [5.41, 5.74) is 0.457. The minimum atomic E-state index is -4.22. The quantitative estimate of drug-likeness (QED) is 0.797. The van der Waals surface area contributed by atoms with Gasteiger partial charge in [-0.1, -0.05) is 17.7 Å². The molecule has 0 aliphatic rings. The van der Waals surface area contributed by atoms with Crippen LogP contribution in [0.4, 0.5) is 8.78 Å².